The van der Waals surface area contributed by atoms with Gasteiger partial charge in [0.25, 0.3) is 0 Å². The standard InChI is InChI=1S/C21H30FN3O2/c22-18-7-3-2-6-16(18)12-17(23)13-19(26)25-21(10-4-1-5-11-21)20(27)24-14-15-8-9-15/h2-3,6-7,15,17H,1,4-5,8-14,23H2,(H,24,27)(H,25,26)/t17-/m1/s1. The van der Waals surface area contributed by atoms with Crippen molar-refractivity contribution in [1.82, 2.24) is 10.6 Å². The number of nitrogens with two attached hydrogens (primary N) is 1. The van der Waals surface area contributed by atoms with E-state index in [-0.39, 0.29) is 24.1 Å². The van der Waals surface area contributed by atoms with E-state index < -0.39 is 11.6 Å². The maximum absolute atomic E-state index is 13.8. The number of benzene rings is 1. The van der Waals surface area contributed by atoms with Gasteiger partial charge in [-0.25, -0.2) is 4.39 Å². The third-order valence-corrected chi connectivity index (χ3v) is 5.66. The summed E-state index contributed by atoms with van der Waals surface area (Å²) in [5.74, 6) is -0.0107. The molecular formula is C21H30FN3O2. The van der Waals surface area contributed by atoms with Gasteiger partial charge in [0.2, 0.25) is 11.8 Å². The van der Waals surface area contributed by atoms with Gasteiger partial charge >= 0.3 is 0 Å². The van der Waals surface area contributed by atoms with Crippen molar-refractivity contribution < 1.29 is 14.0 Å². The van der Waals surface area contributed by atoms with Crippen LogP contribution in [0.4, 0.5) is 4.39 Å². The molecule has 0 heterocycles. The number of rotatable bonds is 8. The lowest BCUT2D eigenvalue weighted by atomic mass is 9.80. The summed E-state index contributed by atoms with van der Waals surface area (Å²) in [6, 6.07) is 5.97. The summed E-state index contributed by atoms with van der Waals surface area (Å²) in [4.78, 5) is 25.4. The molecule has 0 bridgehead atoms. The lowest BCUT2D eigenvalue weighted by molar-refractivity contribution is -0.135. The zero-order valence-electron chi connectivity index (χ0n) is 15.8. The van der Waals surface area contributed by atoms with Crippen LogP contribution in [0.5, 0.6) is 0 Å². The maximum atomic E-state index is 13.8. The quantitative estimate of drug-likeness (QED) is 0.652. The summed E-state index contributed by atoms with van der Waals surface area (Å²) in [6.07, 6.45) is 6.98. The fourth-order valence-electron chi connectivity index (χ4n) is 3.87. The van der Waals surface area contributed by atoms with E-state index in [1.165, 1.54) is 18.9 Å². The molecule has 0 radical (unpaired) electrons. The largest absolute Gasteiger partial charge is 0.354 e. The van der Waals surface area contributed by atoms with E-state index in [1.807, 2.05) is 0 Å². The summed E-state index contributed by atoms with van der Waals surface area (Å²) in [5, 5.41) is 6.01. The summed E-state index contributed by atoms with van der Waals surface area (Å²) >= 11 is 0. The highest BCUT2D eigenvalue weighted by atomic mass is 19.1. The lowest BCUT2D eigenvalue weighted by Crippen LogP contribution is -2.60. The minimum atomic E-state index is -0.818. The molecule has 1 aromatic carbocycles. The fourth-order valence-corrected chi connectivity index (χ4v) is 3.87. The first-order chi connectivity index (χ1) is 13.0. The third-order valence-electron chi connectivity index (χ3n) is 5.66. The molecule has 148 valence electrons. The Kier molecular flexibility index (Phi) is 6.47. The second-order valence-electron chi connectivity index (χ2n) is 8.10. The smallest absolute Gasteiger partial charge is 0.245 e. The summed E-state index contributed by atoms with van der Waals surface area (Å²) in [5.41, 5.74) is 5.77. The van der Waals surface area contributed by atoms with Gasteiger partial charge < -0.3 is 16.4 Å². The van der Waals surface area contributed by atoms with E-state index in [4.69, 9.17) is 5.73 Å². The van der Waals surface area contributed by atoms with Crippen molar-refractivity contribution in [3.63, 3.8) is 0 Å². The van der Waals surface area contributed by atoms with Crippen LogP contribution in [-0.4, -0.2) is 29.9 Å². The highest BCUT2D eigenvalue weighted by Crippen LogP contribution is 2.31. The SMILES string of the molecule is N[C@@H](CC(=O)NC1(C(=O)NCC2CC2)CCCCC1)Cc1ccccc1F. The van der Waals surface area contributed by atoms with Gasteiger partial charge in [0.15, 0.2) is 0 Å². The molecule has 27 heavy (non-hydrogen) atoms. The molecule has 4 N–H and O–H groups in total. The molecule has 6 heteroatoms. The van der Waals surface area contributed by atoms with Gasteiger partial charge in [-0.15, -0.1) is 0 Å². The summed E-state index contributed by atoms with van der Waals surface area (Å²) in [6.45, 7) is 0.698. The van der Waals surface area contributed by atoms with E-state index in [0.717, 1.165) is 19.3 Å². The van der Waals surface area contributed by atoms with Gasteiger partial charge in [-0.3, -0.25) is 9.59 Å². The average molecular weight is 375 g/mol. The first-order valence-corrected chi connectivity index (χ1v) is 10.1. The molecule has 0 aliphatic heterocycles. The predicted molar refractivity (Wildman–Crippen MR) is 102 cm³/mol. The number of amides is 2. The molecule has 2 amide bonds. The molecule has 2 fully saturated rings. The molecule has 1 atom stereocenters. The van der Waals surface area contributed by atoms with Crippen molar-refractivity contribution in [1.29, 1.82) is 0 Å². The van der Waals surface area contributed by atoms with Gasteiger partial charge in [0.05, 0.1) is 0 Å². The molecular weight excluding hydrogens is 345 g/mol. The number of halogens is 1. The monoisotopic (exact) mass is 375 g/mol. The Morgan fingerprint density at radius 2 is 1.89 bits per heavy atom. The Morgan fingerprint density at radius 3 is 2.56 bits per heavy atom. The van der Waals surface area contributed by atoms with E-state index >= 15 is 0 Å². The van der Waals surface area contributed by atoms with Crippen LogP contribution in [-0.2, 0) is 16.0 Å². The molecule has 0 unspecified atom stereocenters. The third kappa shape index (κ3) is 5.51. The van der Waals surface area contributed by atoms with Gasteiger partial charge in [0.1, 0.15) is 11.4 Å². The van der Waals surface area contributed by atoms with Crippen molar-refractivity contribution in [3.8, 4) is 0 Å². The summed E-state index contributed by atoms with van der Waals surface area (Å²) < 4.78 is 13.8. The molecule has 0 spiro atoms. The molecule has 3 rings (SSSR count). The molecule has 0 saturated heterocycles. The molecule has 5 nitrogen and oxygen atoms in total. The first-order valence-electron chi connectivity index (χ1n) is 10.1. The maximum Gasteiger partial charge on any atom is 0.245 e. The second-order valence-corrected chi connectivity index (χ2v) is 8.10. The zero-order valence-corrected chi connectivity index (χ0v) is 15.8. The van der Waals surface area contributed by atoms with Gasteiger partial charge in [0, 0.05) is 19.0 Å². The number of carbonyl (C=O) groups is 2. The van der Waals surface area contributed by atoms with E-state index in [2.05, 4.69) is 10.6 Å². The molecule has 1 aromatic rings. The number of carbonyl (C=O) groups excluding carboxylic acids is 2. The van der Waals surface area contributed by atoms with Crippen molar-refractivity contribution in [2.75, 3.05) is 6.54 Å². The van der Waals surface area contributed by atoms with Gasteiger partial charge in [-0.1, -0.05) is 37.5 Å². The van der Waals surface area contributed by atoms with Crippen molar-refractivity contribution in [2.45, 2.75) is 69.4 Å². The summed E-state index contributed by atoms with van der Waals surface area (Å²) in [7, 11) is 0. The highest BCUT2D eigenvalue weighted by molar-refractivity contribution is 5.91. The van der Waals surface area contributed by atoms with Crippen LogP contribution in [0.3, 0.4) is 0 Å². The zero-order chi connectivity index (χ0) is 19.3. The van der Waals surface area contributed by atoms with Crippen molar-refractivity contribution in [2.24, 2.45) is 11.7 Å². The first kappa shape index (κ1) is 19.8. The molecule has 2 aliphatic rings. The van der Waals surface area contributed by atoms with E-state index in [9.17, 15) is 14.0 Å². The fraction of sp³-hybridized carbons (Fsp3) is 0.619. The van der Waals surface area contributed by atoms with Crippen molar-refractivity contribution >= 4 is 11.8 Å². The van der Waals surface area contributed by atoms with Crippen LogP contribution < -0.4 is 16.4 Å². The Bertz CT molecular complexity index is 669. The molecule has 2 aliphatic carbocycles. The number of hydrogen-bond donors (Lipinski definition) is 3. The number of nitrogens with one attached hydrogen (secondary N) is 2. The van der Waals surface area contributed by atoms with Crippen molar-refractivity contribution in [3.05, 3.63) is 35.6 Å². The normalized spacial score (nSPS) is 19.9. The van der Waals surface area contributed by atoms with E-state index in [0.29, 0.717) is 37.3 Å². The van der Waals surface area contributed by atoms with Crippen LogP contribution in [0.1, 0.15) is 56.9 Å². The second kappa shape index (κ2) is 8.83. The average Bonchev–Trinajstić information content (AvgIpc) is 3.46. The molecule has 0 aromatic heterocycles. The van der Waals surface area contributed by atoms with Crippen LogP contribution in [0.25, 0.3) is 0 Å². The van der Waals surface area contributed by atoms with Gasteiger partial charge in [-0.05, 0) is 49.7 Å². The lowest BCUT2D eigenvalue weighted by Gasteiger charge is -2.37. The Balaban J connectivity index is 1.56. The highest BCUT2D eigenvalue weighted by Gasteiger charge is 2.41. The Morgan fingerprint density at radius 1 is 1.19 bits per heavy atom. The van der Waals surface area contributed by atoms with Crippen LogP contribution in [0.15, 0.2) is 24.3 Å². The van der Waals surface area contributed by atoms with Gasteiger partial charge in [-0.2, -0.15) is 0 Å². The van der Waals surface area contributed by atoms with Crippen LogP contribution in [0.2, 0.25) is 0 Å². The van der Waals surface area contributed by atoms with Crippen LogP contribution >= 0.6 is 0 Å². The molecule has 2 saturated carbocycles. The minimum absolute atomic E-state index is 0.0647. The van der Waals surface area contributed by atoms with E-state index in [1.54, 1.807) is 18.2 Å². The Hall–Kier alpha value is -1.95. The topological polar surface area (TPSA) is 84.2 Å². The Labute approximate surface area is 160 Å². The number of hydrogen-bond acceptors (Lipinski definition) is 3. The predicted octanol–water partition coefficient (Wildman–Crippen LogP) is 2.43. The van der Waals surface area contributed by atoms with Crippen LogP contribution in [0, 0.1) is 11.7 Å². The minimum Gasteiger partial charge on any atom is -0.354 e.